The number of aliphatic imine (C=N–C) groups is 1. The highest BCUT2D eigenvalue weighted by Gasteiger charge is 2.18. The topological polar surface area (TPSA) is 77.9 Å². The van der Waals surface area contributed by atoms with Gasteiger partial charge in [0.25, 0.3) is 0 Å². The van der Waals surface area contributed by atoms with Gasteiger partial charge in [-0.15, -0.1) is 0 Å². The van der Waals surface area contributed by atoms with Gasteiger partial charge in [-0.25, -0.2) is 14.4 Å². The fraction of sp³-hybridized carbons (Fsp3) is 0.476. The van der Waals surface area contributed by atoms with Gasteiger partial charge in [-0.2, -0.15) is 0 Å². The molecule has 3 rings (SSSR count). The smallest absolute Gasteiger partial charge is 0.225 e. The minimum Gasteiger partial charge on any atom is -0.489 e. The molecule has 1 unspecified atom stereocenters. The molecule has 1 fully saturated rings. The molecular formula is C21H30FN7O. The van der Waals surface area contributed by atoms with Crippen molar-refractivity contribution in [2.45, 2.75) is 13.0 Å². The number of benzene rings is 1. The number of nitrogens with zero attached hydrogens (tertiary/aromatic N) is 5. The van der Waals surface area contributed by atoms with Crippen LogP contribution >= 0.6 is 0 Å². The fourth-order valence-electron chi connectivity index (χ4n) is 3.23. The number of anilines is 1. The largest absolute Gasteiger partial charge is 0.489 e. The minimum absolute atomic E-state index is 0.126. The van der Waals surface area contributed by atoms with Crippen molar-refractivity contribution < 1.29 is 9.13 Å². The van der Waals surface area contributed by atoms with Gasteiger partial charge in [-0.05, 0) is 25.1 Å². The number of ether oxygens (including phenoxy) is 1. The Labute approximate surface area is 177 Å². The van der Waals surface area contributed by atoms with E-state index in [4.69, 9.17) is 4.74 Å². The maximum absolute atomic E-state index is 13.2. The van der Waals surface area contributed by atoms with Gasteiger partial charge in [0.05, 0.1) is 6.54 Å². The number of hydrogen-bond donors (Lipinski definition) is 2. The van der Waals surface area contributed by atoms with Crippen LogP contribution < -0.4 is 20.3 Å². The van der Waals surface area contributed by atoms with Gasteiger partial charge in [-0.3, -0.25) is 9.89 Å². The molecular weight excluding hydrogens is 385 g/mol. The zero-order chi connectivity index (χ0) is 21.2. The highest BCUT2D eigenvalue weighted by molar-refractivity contribution is 5.79. The molecule has 2 aromatic rings. The average molecular weight is 416 g/mol. The monoisotopic (exact) mass is 415 g/mol. The summed E-state index contributed by atoms with van der Waals surface area (Å²) in [5.41, 5.74) is 0. The molecule has 30 heavy (non-hydrogen) atoms. The fourth-order valence-corrected chi connectivity index (χ4v) is 3.23. The van der Waals surface area contributed by atoms with Crippen LogP contribution in [0.3, 0.4) is 0 Å². The third kappa shape index (κ3) is 6.84. The van der Waals surface area contributed by atoms with Crippen molar-refractivity contribution in [2.75, 3.05) is 57.8 Å². The average Bonchev–Trinajstić information content (AvgIpc) is 2.77. The Morgan fingerprint density at radius 3 is 2.63 bits per heavy atom. The highest BCUT2D eigenvalue weighted by Crippen LogP contribution is 2.13. The van der Waals surface area contributed by atoms with Crippen molar-refractivity contribution in [3.63, 3.8) is 0 Å². The second-order valence-electron chi connectivity index (χ2n) is 7.14. The van der Waals surface area contributed by atoms with E-state index in [2.05, 4.69) is 35.4 Å². The van der Waals surface area contributed by atoms with E-state index in [9.17, 15) is 4.39 Å². The Hall–Kier alpha value is -2.94. The Morgan fingerprint density at radius 2 is 1.93 bits per heavy atom. The van der Waals surface area contributed by atoms with Crippen LogP contribution in [0.4, 0.5) is 10.3 Å². The number of guanidine groups is 1. The molecule has 162 valence electrons. The van der Waals surface area contributed by atoms with E-state index in [1.165, 1.54) is 12.1 Å². The third-order valence-corrected chi connectivity index (χ3v) is 4.84. The first-order valence-electron chi connectivity index (χ1n) is 10.2. The Morgan fingerprint density at radius 1 is 1.17 bits per heavy atom. The van der Waals surface area contributed by atoms with Gasteiger partial charge in [0.2, 0.25) is 5.95 Å². The van der Waals surface area contributed by atoms with Gasteiger partial charge in [0, 0.05) is 64.8 Å². The quantitative estimate of drug-likeness (QED) is 0.498. The van der Waals surface area contributed by atoms with E-state index >= 15 is 0 Å². The summed E-state index contributed by atoms with van der Waals surface area (Å²) in [6.45, 7) is 8.01. The summed E-state index contributed by atoms with van der Waals surface area (Å²) >= 11 is 0. The Bertz CT molecular complexity index is 797. The molecule has 8 nitrogen and oxygen atoms in total. The van der Waals surface area contributed by atoms with Gasteiger partial charge in [-0.1, -0.05) is 6.07 Å². The van der Waals surface area contributed by atoms with Crippen molar-refractivity contribution in [1.82, 2.24) is 25.5 Å². The van der Waals surface area contributed by atoms with E-state index in [-0.39, 0.29) is 11.9 Å². The van der Waals surface area contributed by atoms with Crippen molar-refractivity contribution in [3.8, 4) is 5.75 Å². The summed E-state index contributed by atoms with van der Waals surface area (Å²) in [7, 11) is 1.74. The van der Waals surface area contributed by atoms with E-state index < -0.39 is 0 Å². The van der Waals surface area contributed by atoms with Crippen molar-refractivity contribution in [3.05, 3.63) is 48.5 Å². The van der Waals surface area contributed by atoms with Crippen molar-refractivity contribution in [2.24, 2.45) is 4.99 Å². The molecule has 2 N–H and O–H groups in total. The number of halogens is 1. The summed E-state index contributed by atoms with van der Waals surface area (Å²) in [5, 5.41) is 6.58. The summed E-state index contributed by atoms with van der Waals surface area (Å²) in [4.78, 5) is 17.5. The van der Waals surface area contributed by atoms with Crippen LogP contribution in [0.2, 0.25) is 0 Å². The second kappa shape index (κ2) is 11.3. The van der Waals surface area contributed by atoms with Crippen LogP contribution in [-0.4, -0.2) is 79.8 Å². The molecule has 0 aliphatic carbocycles. The van der Waals surface area contributed by atoms with Crippen molar-refractivity contribution >= 4 is 11.9 Å². The van der Waals surface area contributed by atoms with Crippen LogP contribution in [0.15, 0.2) is 47.7 Å². The number of hydrogen-bond acceptors (Lipinski definition) is 6. The third-order valence-electron chi connectivity index (χ3n) is 4.84. The van der Waals surface area contributed by atoms with Gasteiger partial charge < -0.3 is 20.3 Å². The first-order chi connectivity index (χ1) is 14.6. The Kier molecular flexibility index (Phi) is 8.20. The molecule has 1 aliphatic rings. The highest BCUT2D eigenvalue weighted by atomic mass is 19.1. The van der Waals surface area contributed by atoms with E-state index in [0.29, 0.717) is 12.3 Å². The van der Waals surface area contributed by atoms with Crippen LogP contribution in [0.1, 0.15) is 6.92 Å². The summed E-state index contributed by atoms with van der Waals surface area (Å²) in [6.07, 6.45) is 3.43. The van der Waals surface area contributed by atoms with Crippen LogP contribution in [0.25, 0.3) is 0 Å². The lowest BCUT2D eigenvalue weighted by atomic mass is 10.3. The van der Waals surface area contributed by atoms with E-state index in [1.54, 1.807) is 31.6 Å². The summed E-state index contributed by atoms with van der Waals surface area (Å²) < 4.78 is 19.0. The molecule has 0 radical (unpaired) electrons. The first-order valence-corrected chi connectivity index (χ1v) is 10.2. The van der Waals surface area contributed by atoms with E-state index in [1.807, 2.05) is 13.0 Å². The summed E-state index contributed by atoms with van der Waals surface area (Å²) in [5.74, 6) is 1.74. The SMILES string of the molecule is CN=C(NCCN1CCN(c2ncccn2)CC1)NCC(C)Oc1cccc(F)c1. The molecule has 0 amide bonds. The zero-order valence-electron chi connectivity index (χ0n) is 17.6. The van der Waals surface area contributed by atoms with Crippen LogP contribution in [0, 0.1) is 5.82 Å². The second-order valence-corrected chi connectivity index (χ2v) is 7.14. The maximum Gasteiger partial charge on any atom is 0.225 e. The lowest BCUT2D eigenvalue weighted by Crippen LogP contribution is -2.50. The minimum atomic E-state index is -0.303. The molecule has 1 aromatic carbocycles. The number of piperazine rings is 1. The molecule has 1 saturated heterocycles. The molecule has 1 aliphatic heterocycles. The lowest BCUT2D eigenvalue weighted by molar-refractivity contribution is 0.222. The summed E-state index contributed by atoms with van der Waals surface area (Å²) in [6, 6.07) is 8.00. The normalized spacial score (nSPS) is 16.2. The van der Waals surface area contributed by atoms with Crippen LogP contribution in [0.5, 0.6) is 5.75 Å². The van der Waals surface area contributed by atoms with Gasteiger partial charge in [0.1, 0.15) is 17.7 Å². The van der Waals surface area contributed by atoms with Gasteiger partial charge in [0.15, 0.2) is 5.96 Å². The molecule has 0 bridgehead atoms. The number of nitrogens with one attached hydrogen (secondary N) is 2. The molecule has 9 heteroatoms. The molecule has 1 atom stereocenters. The number of aromatic nitrogens is 2. The van der Waals surface area contributed by atoms with E-state index in [0.717, 1.165) is 51.2 Å². The number of rotatable bonds is 8. The predicted octanol–water partition coefficient (Wildman–Crippen LogP) is 1.37. The van der Waals surface area contributed by atoms with Gasteiger partial charge >= 0.3 is 0 Å². The predicted molar refractivity (Wildman–Crippen MR) is 117 cm³/mol. The molecule has 2 heterocycles. The standard InChI is InChI=1S/C21H30FN7O/c1-17(30-19-6-3-5-18(22)15-19)16-27-20(23-2)24-9-10-28-11-13-29(14-12-28)21-25-7-4-8-26-21/h3-8,15,17H,9-14,16H2,1-2H3,(H2,23,24,27). The van der Waals surface area contributed by atoms with Crippen LogP contribution in [-0.2, 0) is 0 Å². The molecule has 0 spiro atoms. The van der Waals surface area contributed by atoms with Crippen molar-refractivity contribution in [1.29, 1.82) is 0 Å². The maximum atomic E-state index is 13.2. The molecule has 1 aromatic heterocycles. The Balaban J connectivity index is 1.32. The molecule has 0 saturated carbocycles. The lowest BCUT2D eigenvalue weighted by Gasteiger charge is -2.34. The first kappa shape index (κ1) is 21.8. The zero-order valence-corrected chi connectivity index (χ0v) is 17.6.